The first-order chi connectivity index (χ1) is 11.1. The van der Waals surface area contributed by atoms with E-state index in [4.69, 9.17) is 4.74 Å². The number of halogens is 1. The van der Waals surface area contributed by atoms with E-state index in [2.05, 4.69) is 4.90 Å². The van der Waals surface area contributed by atoms with Crippen molar-refractivity contribution in [2.75, 3.05) is 39.3 Å². The Balaban J connectivity index is 1.76. The van der Waals surface area contributed by atoms with E-state index in [-0.39, 0.29) is 18.3 Å². The molecule has 0 aliphatic carbocycles. The second-order valence-corrected chi connectivity index (χ2v) is 5.78. The van der Waals surface area contributed by atoms with Crippen LogP contribution in [0.15, 0.2) is 24.3 Å². The van der Waals surface area contributed by atoms with Gasteiger partial charge in [-0.2, -0.15) is 0 Å². The van der Waals surface area contributed by atoms with Crippen LogP contribution in [0, 0.1) is 5.82 Å². The topological polar surface area (TPSA) is 53.0 Å². The summed E-state index contributed by atoms with van der Waals surface area (Å²) in [6.07, 6.45) is 0.731. The van der Waals surface area contributed by atoms with E-state index in [9.17, 15) is 14.3 Å². The van der Waals surface area contributed by atoms with Gasteiger partial charge in [-0.25, -0.2) is 4.39 Å². The minimum Gasteiger partial charge on any atom is -0.488 e. The molecule has 1 atom stereocenters. The maximum Gasteiger partial charge on any atom is 0.222 e. The molecule has 0 radical (unpaired) electrons. The van der Waals surface area contributed by atoms with Gasteiger partial charge in [0.2, 0.25) is 5.91 Å². The summed E-state index contributed by atoms with van der Waals surface area (Å²) in [5.74, 6) is -0.0967. The molecule has 0 spiro atoms. The Kier molecular flexibility index (Phi) is 6.80. The first-order valence-corrected chi connectivity index (χ1v) is 8.15. The molecule has 6 heteroatoms. The monoisotopic (exact) mass is 324 g/mol. The van der Waals surface area contributed by atoms with Crippen molar-refractivity contribution in [3.05, 3.63) is 30.1 Å². The molecule has 1 aromatic rings. The molecule has 1 heterocycles. The first kappa shape index (κ1) is 17.7. The fraction of sp³-hybridized carbons (Fsp3) is 0.588. The molecule has 128 valence electrons. The van der Waals surface area contributed by atoms with Crippen molar-refractivity contribution in [1.82, 2.24) is 9.80 Å². The van der Waals surface area contributed by atoms with Crippen LogP contribution in [0.1, 0.15) is 19.8 Å². The lowest BCUT2D eigenvalue weighted by molar-refractivity contribution is -0.130. The molecule has 0 aromatic heterocycles. The lowest BCUT2D eigenvalue weighted by Gasteiger charge is -2.24. The Labute approximate surface area is 136 Å². The highest BCUT2D eigenvalue weighted by molar-refractivity contribution is 5.75. The maximum atomic E-state index is 13.5. The molecule has 1 unspecified atom stereocenters. The second kappa shape index (κ2) is 8.84. The van der Waals surface area contributed by atoms with Crippen LogP contribution in [-0.2, 0) is 4.79 Å². The molecule has 2 rings (SSSR count). The standard InChI is InChI=1S/C17H25FN2O3/c1-2-17(22)20-9-5-8-19(10-11-20)12-14(21)13-23-16-7-4-3-6-15(16)18/h3-4,6-7,14,21H,2,5,8-13H2,1H3. The van der Waals surface area contributed by atoms with E-state index in [1.807, 2.05) is 11.8 Å². The zero-order valence-electron chi connectivity index (χ0n) is 13.6. The van der Waals surface area contributed by atoms with Crippen molar-refractivity contribution < 1.29 is 19.0 Å². The summed E-state index contributed by atoms with van der Waals surface area (Å²) in [7, 11) is 0. The molecule has 1 fully saturated rings. The molecule has 1 aliphatic rings. The number of carbonyl (C=O) groups is 1. The van der Waals surface area contributed by atoms with Crippen molar-refractivity contribution in [2.45, 2.75) is 25.9 Å². The van der Waals surface area contributed by atoms with Crippen LogP contribution in [0.5, 0.6) is 5.75 Å². The molecule has 1 saturated heterocycles. The average Bonchev–Trinajstić information content (AvgIpc) is 2.79. The van der Waals surface area contributed by atoms with Gasteiger partial charge in [-0.1, -0.05) is 19.1 Å². The Bertz CT molecular complexity index is 512. The molecule has 5 nitrogen and oxygen atoms in total. The summed E-state index contributed by atoms with van der Waals surface area (Å²) in [4.78, 5) is 15.7. The molecule has 0 saturated carbocycles. The third-order valence-electron chi connectivity index (χ3n) is 3.98. The van der Waals surface area contributed by atoms with Crippen LogP contribution in [0.25, 0.3) is 0 Å². The third kappa shape index (κ3) is 5.48. The highest BCUT2D eigenvalue weighted by atomic mass is 19.1. The molecule has 23 heavy (non-hydrogen) atoms. The number of benzene rings is 1. The van der Waals surface area contributed by atoms with Crippen molar-refractivity contribution in [3.8, 4) is 5.75 Å². The van der Waals surface area contributed by atoms with Crippen LogP contribution in [0.4, 0.5) is 4.39 Å². The SMILES string of the molecule is CCC(=O)N1CCCN(CC(O)COc2ccccc2F)CC1. The second-order valence-electron chi connectivity index (χ2n) is 5.78. The van der Waals surface area contributed by atoms with Crippen LogP contribution >= 0.6 is 0 Å². The van der Waals surface area contributed by atoms with Gasteiger partial charge in [0.1, 0.15) is 12.7 Å². The van der Waals surface area contributed by atoms with Gasteiger partial charge >= 0.3 is 0 Å². The molecule has 1 aliphatic heterocycles. The zero-order valence-corrected chi connectivity index (χ0v) is 13.6. The quantitative estimate of drug-likeness (QED) is 0.862. The average molecular weight is 324 g/mol. The van der Waals surface area contributed by atoms with Crippen LogP contribution in [0.2, 0.25) is 0 Å². The number of aliphatic hydroxyl groups is 1. The Morgan fingerprint density at radius 2 is 2.09 bits per heavy atom. The van der Waals surface area contributed by atoms with Gasteiger partial charge in [0.15, 0.2) is 11.6 Å². The van der Waals surface area contributed by atoms with Crippen molar-refractivity contribution in [1.29, 1.82) is 0 Å². The largest absolute Gasteiger partial charge is 0.488 e. The third-order valence-corrected chi connectivity index (χ3v) is 3.98. The van der Waals surface area contributed by atoms with Crippen molar-refractivity contribution in [3.63, 3.8) is 0 Å². The number of rotatable bonds is 6. The number of hydrogen-bond donors (Lipinski definition) is 1. The lowest BCUT2D eigenvalue weighted by Crippen LogP contribution is -2.39. The Morgan fingerprint density at radius 3 is 2.83 bits per heavy atom. The number of hydrogen-bond acceptors (Lipinski definition) is 4. The van der Waals surface area contributed by atoms with Gasteiger partial charge in [0.25, 0.3) is 0 Å². The van der Waals surface area contributed by atoms with Crippen LogP contribution in [-0.4, -0.2) is 66.2 Å². The smallest absolute Gasteiger partial charge is 0.222 e. The number of nitrogens with zero attached hydrogens (tertiary/aromatic N) is 2. The summed E-state index contributed by atoms with van der Waals surface area (Å²) in [5.41, 5.74) is 0. The molecule has 1 aromatic carbocycles. The molecule has 1 N–H and O–H groups in total. The van der Waals surface area contributed by atoms with E-state index >= 15 is 0 Å². The van der Waals surface area contributed by atoms with E-state index < -0.39 is 11.9 Å². The summed E-state index contributed by atoms with van der Waals surface area (Å²) >= 11 is 0. The van der Waals surface area contributed by atoms with Gasteiger partial charge in [-0.3, -0.25) is 9.69 Å². The Morgan fingerprint density at radius 1 is 1.30 bits per heavy atom. The van der Waals surface area contributed by atoms with Gasteiger partial charge < -0.3 is 14.7 Å². The predicted octanol–water partition coefficient (Wildman–Crippen LogP) is 1.51. The fourth-order valence-electron chi connectivity index (χ4n) is 2.73. The van der Waals surface area contributed by atoms with E-state index in [0.717, 1.165) is 26.1 Å². The van der Waals surface area contributed by atoms with Crippen LogP contribution in [0.3, 0.4) is 0 Å². The molecular weight excluding hydrogens is 299 g/mol. The highest BCUT2D eigenvalue weighted by Gasteiger charge is 2.20. The normalized spacial score (nSPS) is 17.6. The van der Waals surface area contributed by atoms with Gasteiger partial charge in [-0.15, -0.1) is 0 Å². The minimum atomic E-state index is -0.692. The van der Waals surface area contributed by atoms with Gasteiger partial charge in [0, 0.05) is 32.6 Å². The number of carbonyl (C=O) groups excluding carboxylic acids is 1. The summed E-state index contributed by atoms with van der Waals surface area (Å²) in [6.45, 7) is 5.41. The number of β-amino-alcohol motifs (C(OH)–C–C–N with tert-alkyl or cyclic N) is 1. The number of ether oxygens (including phenoxy) is 1. The van der Waals surface area contributed by atoms with Gasteiger partial charge in [-0.05, 0) is 25.1 Å². The van der Waals surface area contributed by atoms with E-state index in [0.29, 0.717) is 19.5 Å². The molecular formula is C17H25FN2O3. The predicted molar refractivity (Wildman–Crippen MR) is 85.8 cm³/mol. The van der Waals surface area contributed by atoms with Crippen molar-refractivity contribution >= 4 is 5.91 Å². The lowest BCUT2D eigenvalue weighted by atomic mass is 10.3. The first-order valence-electron chi connectivity index (χ1n) is 8.15. The Hall–Kier alpha value is -1.66. The molecule has 1 amide bonds. The van der Waals surface area contributed by atoms with Crippen LogP contribution < -0.4 is 4.74 Å². The van der Waals surface area contributed by atoms with E-state index in [1.165, 1.54) is 6.07 Å². The number of para-hydroxylation sites is 1. The number of amides is 1. The maximum absolute atomic E-state index is 13.5. The number of aliphatic hydroxyl groups excluding tert-OH is 1. The summed E-state index contributed by atoms with van der Waals surface area (Å²) in [5, 5.41) is 10.1. The molecule has 0 bridgehead atoms. The highest BCUT2D eigenvalue weighted by Crippen LogP contribution is 2.15. The minimum absolute atomic E-state index is 0.0506. The zero-order chi connectivity index (χ0) is 16.7. The summed E-state index contributed by atoms with van der Waals surface area (Å²) < 4.78 is 18.8. The summed E-state index contributed by atoms with van der Waals surface area (Å²) in [6, 6.07) is 6.16. The van der Waals surface area contributed by atoms with Gasteiger partial charge in [0.05, 0.1) is 0 Å². The fourth-order valence-corrected chi connectivity index (χ4v) is 2.73. The van der Waals surface area contributed by atoms with Crippen molar-refractivity contribution in [2.24, 2.45) is 0 Å². The van der Waals surface area contributed by atoms with E-state index in [1.54, 1.807) is 18.2 Å².